The standard InChI is InChI=1S/C13H17BrO3/c1-3-9-7-11(14)8-10(13(9)17-2)5-4-6-12(15)16/h7-8H,3-6H2,1-2H3,(H,15,16). The number of rotatable bonds is 6. The van der Waals surface area contributed by atoms with Gasteiger partial charge < -0.3 is 9.84 Å². The third-order valence-corrected chi connectivity index (χ3v) is 3.09. The van der Waals surface area contributed by atoms with Gasteiger partial charge in [0.1, 0.15) is 5.75 Å². The lowest BCUT2D eigenvalue weighted by atomic mass is 10.0. The van der Waals surface area contributed by atoms with Crippen LogP contribution in [0.1, 0.15) is 30.9 Å². The highest BCUT2D eigenvalue weighted by Gasteiger charge is 2.10. The van der Waals surface area contributed by atoms with Crippen molar-refractivity contribution in [2.45, 2.75) is 32.6 Å². The van der Waals surface area contributed by atoms with Crippen molar-refractivity contribution in [3.05, 3.63) is 27.7 Å². The highest BCUT2D eigenvalue weighted by molar-refractivity contribution is 9.10. The Balaban J connectivity index is 2.88. The molecule has 1 rings (SSSR count). The summed E-state index contributed by atoms with van der Waals surface area (Å²) >= 11 is 3.47. The van der Waals surface area contributed by atoms with E-state index in [9.17, 15) is 4.79 Å². The van der Waals surface area contributed by atoms with E-state index < -0.39 is 5.97 Å². The molecule has 94 valence electrons. The van der Waals surface area contributed by atoms with E-state index in [4.69, 9.17) is 9.84 Å². The van der Waals surface area contributed by atoms with Crippen molar-refractivity contribution in [1.82, 2.24) is 0 Å². The topological polar surface area (TPSA) is 46.5 Å². The van der Waals surface area contributed by atoms with Crippen molar-refractivity contribution in [3.63, 3.8) is 0 Å². The predicted molar refractivity (Wildman–Crippen MR) is 70.6 cm³/mol. The van der Waals surface area contributed by atoms with Crippen molar-refractivity contribution < 1.29 is 14.6 Å². The molecule has 1 aromatic carbocycles. The minimum Gasteiger partial charge on any atom is -0.496 e. The summed E-state index contributed by atoms with van der Waals surface area (Å²) < 4.78 is 6.43. The lowest BCUT2D eigenvalue weighted by molar-refractivity contribution is -0.137. The van der Waals surface area contributed by atoms with Gasteiger partial charge >= 0.3 is 5.97 Å². The minimum atomic E-state index is -0.755. The van der Waals surface area contributed by atoms with Crippen molar-refractivity contribution >= 4 is 21.9 Å². The highest BCUT2D eigenvalue weighted by Crippen LogP contribution is 2.30. The molecule has 0 aliphatic heterocycles. The Morgan fingerprint density at radius 2 is 2.06 bits per heavy atom. The van der Waals surface area contributed by atoms with Gasteiger partial charge in [0.15, 0.2) is 0 Å². The summed E-state index contributed by atoms with van der Waals surface area (Å²) in [5.41, 5.74) is 2.21. The van der Waals surface area contributed by atoms with E-state index in [1.54, 1.807) is 7.11 Å². The van der Waals surface area contributed by atoms with Gasteiger partial charge in [0, 0.05) is 10.9 Å². The monoisotopic (exact) mass is 300 g/mol. The Bertz CT molecular complexity index is 402. The van der Waals surface area contributed by atoms with Crippen LogP contribution in [0.2, 0.25) is 0 Å². The van der Waals surface area contributed by atoms with E-state index >= 15 is 0 Å². The van der Waals surface area contributed by atoms with Gasteiger partial charge in [-0.15, -0.1) is 0 Å². The van der Waals surface area contributed by atoms with E-state index in [2.05, 4.69) is 22.9 Å². The number of hydrogen-bond acceptors (Lipinski definition) is 2. The van der Waals surface area contributed by atoms with E-state index in [0.717, 1.165) is 34.2 Å². The lowest BCUT2D eigenvalue weighted by Gasteiger charge is -2.13. The molecule has 0 amide bonds. The third kappa shape index (κ3) is 4.04. The van der Waals surface area contributed by atoms with Gasteiger partial charge in [0.25, 0.3) is 0 Å². The number of benzene rings is 1. The molecule has 0 aliphatic rings. The van der Waals surface area contributed by atoms with Crippen LogP contribution in [0, 0.1) is 0 Å². The van der Waals surface area contributed by atoms with Crippen LogP contribution in [0.15, 0.2) is 16.6 Å². The van der Waals surface area contributed by atoms with Crippen LogP contribution in [-0.4, -0.2) is 18.2 Å². The number of methoxy groups -OCH3 is 1. The molecule has 17 heavy (non-hydrogen) atoms. The van der Waals surface area contributed by atoms with Crippen molar-refractivity contribution in [3.8, 4) is 5.75 Å². The summed E-state index contributed by atoms with van der Waals surface area (Å²) in [5, 5.41) is 8.63. The van der Waals surface area contributed by atoms with Gasteiger partial charge in [0.05, 0.1) is 7.11 Å². The zero-order valence-corrected chi connectivity index (χ0v) is 11.7. The molecule has 0 unspecified atom stereocenters. The van der Waals surface area contributed by atoms with Crippen LogP contribution in [0.4, 0.5) is 0 Å². The van der Waals surface area contributed by atoms with E-state index in [0.29, 0.717) is 6.42 Å². The molecule has 1 aromatic rings. The maximum Gasteiger partial charge on any atom is 0.303 e. The summed E-state index contributed by atoms with van der Waals surface area (Å²) in [5.74, 6) is 0.135. The molecule has 0 heterocycles. The minimum absolute atomic E-state index is 0.192. The number of carbonyl (C=O) groups is 1. The van der Waals surface area contributed by atoms with E-state index in [1.807, 2.05) is 12.1 Å². The first-order chi connectivity index (χ1) is 8.08. The second-order valence-corrected chi connectivity index (χ2v) is 4.77. The number of aliphatic carboxylic acids is 1. The molecule has 0 spiro atoms. The van der Waals surface area contributed by atoms with Gasteiger partial charge in [-0.25, -0.2) is 0 Å². The SMILES string of the molecule is CCc1cc(Br)cc(CCCC(=O)O)c1OC. The Kier molecular flexibility index (Phi) is 5.48. The number of carboxylic acids is 1. The van der Waals surface area contributed by atoms with Crippen LogP contribution in [0.25, 0.3) is 0 Å². The Labute approximate surface area is 110 Å². The highest BCUT2D eigenvalue weighted by atomic mass is 79.9. The smallest absolute Gasteiger partial charge is 0.303 e. The van der Waals surface area contributed by atoms with Crippen LogP contribution >= 0.6 is 15.9 Å². The summed E-state index contributed by atoms with van der Waals surface area (Å²) in [6.45, 7) is 2.07. The van der Waals surface area contributed by atoms with Crippen LogP contribution < -0.4 is 4.74 Å². The fraction of sp³-hybridized carbons (Fsp3) is 0.462. The number of ether oxygens (including phenoxy) is 1. The van der Waals surface area contributed by atoms with Crippen LogP contribution in [0.3, 0.4) is 0 Å². The van der Waals surface area contributed by atoms with E-state index in [1.165, 1.54) is 0 Å². The molecule has 0 saturated heterocycles. The molecule has 0 radical (unpaired) electrons. The molecule has 0 aliphatic carbocycles. The number of halogens is 1. The second-order valence-electron chi connectivity index (χ2n) is 3.86. The molecule has 4 heteroatoms. The normalized spacial score (nSPS) is 10.3. The fourth-order valence-electron chi connectivity index (χ4n) is 1.85. The molecular formula is C13H17BrO3. The molecule has 1 N–H and O–H groups in total. The van der Waals surface area contributed by atoms with Crippen LogP contribution in [0.5, 0.6) is 5.75 Å². The van der Waals surface area contributed by atoms with Crippen molar-refractivity contribution in [1.29, 1.82) is 0 Å². The molecule has 0 atom stereocenters. The lowest BCUT2D eigenvalue weighted by Crippen LogP contribution is -2.00. The predicted octanol–water partition coefficient (Wildman–Crippen LogP) is 3.43. The average molecular weight is 301 g/mol. The van der Waals surface area contributed by atoms with Crippen molar-refractivity contribution in [2.24, 2.45) is 0 Å². The summed E-state index contributed by atoms with van der Waals surface area (Å²) in [6, 6.07) is 4.04. The first kappa shape index (κ1) is 14.0. The maximum absolute atomic E-state index is 10.5. The largest absolute Gasteiger partial charge is 0.496 e. The van der Waals surface area contributed by atoms with E-state index in [-0.39, 0.29) is 6.42 Å². The first-order valence-corrected chi connectivity index (χ1v) is 6.44. The summed E-state index contributed by atoms with van der Waals surface area (Å²) in [6.07, 6.45) is 2.44. The van der Waals surface area contributed by atoms with Crippen molar-refractivity contribution in [2.75, 3.05) is 7.11 Å². The summed E-state index contributed by atoms with van der Waals surface area (Å²) in [7, 11) is 1.66. The number of aryl methyl sites for hydroxylation is 2. The zero-order chi connectivity index (χ0) is 12.8. The number of carboxylic acid groups (broad SMARTS) is 1. The fourth-order valence-corrected chi connectivity index (χ4v) is 2.41. The Morgan fingerprint density at radius 3 is 2.59 bits per heavy atom. The van der Waals surface area contributed by atoms with Gasteiger partial charge in [0.2, 0.25) is 0 Å². The van der Waals surface area contributed by atoms with Gasteiger partial charge in [-0.1, -0.05) is 22.9 Å². The summed E-state index contributed by atoms with van der Waals surface area (Å²) in [4.78, 5) is 10.5. The Hall–Kier alpha value is -1.03. The number of hydrogen-bond donors (Lipinski definition) is 1. The Morgan fingerprint density at radius 1 is 1.41 bits per heavy atom. The van der Waals surface area contributed by atoms with Gasteiger partial charge in [-0.2, -0.15) is 0 Å². The molecule has 0 aromatic heterocycles. The molecular weight excluding hydrogens is 284 g/mol. The van der Waals surface area contributed by atoms with Gasteiger partial charge in [-0.05, 0) is 42.5 Å². The molecule has 0 fully saturated rings. The molecule has 3 nitrogen and oxygen atoms in total. The third-order valence-electron chi connectivity index (χ3n) is 2.63. The quantitative estimate of drug-likeness (QED) is 0.875. The van der Waals surface area contributed by atoms with Gasteiger partial charge in [-0.3, -0.25) is 4.79 Å². The average Bonchev–Trinajstić information content (AvgIpc) is 2.27. The maximum atomic E-state index is 10.5. The second kappa shape index (κ2) is 6.64. The zero-order valence-electron chi connectivity index (χ0n) is 10.1. The molecule has 0 bridgehead atoms. The van der Waals surface area contributed by atoms with Crippen LogP contribution in [-0.2, 0) is 17.6 Å². The first-order valence-electron chi connectivity index (χ1n) is 5.65. The molecule has 0 saturated carbocycles.